The Morgan fingerprint density at radius 3 is 2.35 bits per heavy atom. The Hall–Kier alpha value is -3.67. The summed E-state index contributed by atoms with van der Waals surface area (Å²) in [4.78, 5) is 4.25. The average Bonchev–Trinajstić information content (AvgIpc) is 2.81. The van der Waals surface area contributed by atoms with Crippen molar-refractivity contribution >= 4 is 22.4 Å². The number of rotatable bonds is 5. The summed E-state index contributed by atoms with van der Waals surface area (Å²) in [5.41, 5.74) is -2.44. The predicted molar refractivity (Wildman–Crippen MR) is 119 cm³/mol. The number of benzene rings is 3. The van der Waals surface area contributed by atoms with E-state index in [2.05, 4.69) is 4.98 Å². The minimum absolute atomic E-state index is 0.0179. The average molecular weight is 487 g/mol. The molecule has 4 nitrogen and oxygen atoms in total. The lowest BCUT2D eigenvalue weighted by Crippen LogP contribution is -2.47. The summed E-state index contributed by atoms with van der Waals surface area (Å²) in [6.07, 6.45) is -3.67. The lowest BCUT2D eigenvalue weighted by atomic mass is 9.92. The topological polar surface area (TPSA) is 66.1 Å². The standard InChI is InChI=1S/C25H15ClF4N2O2/c26-22-11-21(8-4-17(22)12-31)34-14-24(33,25(28,29)30)19-5-1-16-10-23(32-13-18(16)9-19)15-2-6-20(27)7-3-15/h1-11,13,33H,14H2. The van der Waals surface area contributed by atoms with Gasteiger partial charge in [-0.15, -0.1) is 0 Å². The first-order valence-corrected chi connectivity index (χ1v) is 10.3. The Labute approximate surface area is 196 Å². The number of halogens is 5. The SMILES string of the molecule is N#Cc1ccc(OCC(O)(c2ccc3cc(-c4ccc(F)cc4)ncc3c2)C(F)(F)F)cc1Cl. The zero-order valence-corrected chi connectivity index (χ0v) is 18.0. The maximum atomic E-state index is 14.0. The fourth-order valence-corrected chi connectivity index (χ4v) is 3.58. The second kappa shape index (κ2) is 8.93. The molecule has 172 valence electrons. The van der Waals surface area contributed by atoms with Crippen molar-refractivity contribution in [2.75, 3.05) is 6.61 Å². The van der Waals surface area contributed by atoms with Gasteiger partial charge in [0.1, 0.15) is 24.2 Å². The molecule has 0 aliphatic rings. The number of hydrogen-bond acceptors (Lipinski definition) is 4. The first-order chi connectivity index (χ1) is 16.1. The molecule has 0 radical (unpaired) electrons. The van der Waals surface area contributed by atoms with Gasteiger partial charge in [0.25, 0.3) is 0 Å². The number of nitriles is 1. The summed E-state index contributed by atoms with van der Waals surface area (Å²) in [6, 6.07) is 16.8. The van der Waals surface area contributed by atoms with Crippen molar-refractivity contribution in [3.63, 3.8) is 0 Å². The van der Waals surface area contributed by atoms with Crippen LogP contribution in [-0.4, -0.2) is 22.9 Å². The van der Waals surface area contributed by atoms with Crippen LogP contribution in [0.4, 0.5) is 17.6 Å². The van der Waals surface area contributed by atoms with Crippen LogP contribution in [0.25, 0.3) is 22.0 Å². The Morgan fingerprint density at radius 2 is 1.71 bits per heavy atom. The minimum Gasteiger partial charge on any atom is -0.490 e. The third-order valence-corrected chi connectivity index (χ3v) is 5.63. The van der Waals surface area contributed by atoms with E-state index in [4.69, 9.17) is 21.6 Å². The molecule has 34 heavy (non-hydrogen) atoms. The largest absolute Gasteiger partial charge is 0.490 e. The summed E-state index contributed by atoms with van der Waals surface area (Å²) in [6.45, 7) is -1.13. The molecule has 3 aromatic carbocycles. The normalized spacial score (nSPS) is 13.3. The molecular weight excluding hydrogens is 472 g/mol. The van der Waals surface area contributed by atoms with Crippen LogP contribution in [0.5, 0.6) is 5.75 Å². The summed E-state index contributed by atoms with van der Waals surface area (Å²) >= 11 is 5.90. The van der Waals surface area contributed by atoms with E-state index in [0.29, 0.717) is 22.0 Å². The zero-order valence-electron chi connectivity index (χ0n) is 17.3. The molecular formula is C25H15ClF4N2O2. The number of aromatic nitrogens is 1. The molecule has 0 saturated heterocycles. The Balaban J connectivity index is 1.66. The molecule has 0 saturated carbocycles. The van der Waals surface area contributed by atoms with E-state index in [1.54, 1.807) is 18.2 Å². The molecule has 0 spiro atoms. The van der Waals surface area contributed by atoms with E-state index in [1.165, 1.54) is 54.7 Å². The molecule has 0 aliphatic heterocycles. The van der Waals surface area contributed by atoms with Crippen LogP contribution in [0, 0.1) is 17.1 Å². The van der Waals surface area contributed by atoms with Gasteiger partial charge in [-0.3, -0.25) is 4.98 Å². The summed E-state index contributed by atoms with van der Waals surface area (Å²) in [5, 5.41) is 20.6. The second-order valence-corrected chi connectivity index (χ2v) is 7.95. The van der Waals surface area contributed by atoms with Crippen LogP contribution in [0.15, 0.2) is 72.9 Å². The van der Waals surface area contributed by atoms with Gasteiger partial charge in [-0.1, -0.05) is 23.7 Å². The van der Waals surface area contributed by atoms with Gasteiger partial charge in [-0.25, -0.2) is 4.39 Å². The molecule has 0 fully saturated rings. The summed E-state index contributed by atoms with van der Waals surface area (Å²) < 4.78 is 60.3. The molecule has 1 atom stereocenters. The third kappa shape index (κ3) is 4.53. The van der Waals surface area contributed by atoms with Crippen LogP contribution >= 0.6 is 11.6 Å². The van der Waals surface area contributed by atoms with Crippen molar-refractivity contribution in [1.29, 1.82) is 5.26 Å². The number of hydrogen-bond donors (Lipinski definition) is 1. The number of aliphatic hydroxyl groups is 1. The van der Waals surface area contributed by atoms with Crippen LogP contribution in [0.3, 0.4) is 0 Å². The highest BCUT2D eigenvalue weighted by atomic mass is 35.5. The van der Waals surface area contributed by atoms with E-state index in [1.807, 2.05) is 6.07 Å². The van der Waals surface area contributed by atoms with Gasteiger partial charge in [-0.2, -0.15) is 18.4 Å². The van der Waals surface area contributed by atoms with Gasteiger partial charge in [0.2, 0.25) is 5.60 Å². The molecule has 1 heterocycles. The molecule has 9 heteroatoms. The Morgan fingerprint density at radius 1 is 0.971 bits per heavy atom. The first-order valence-electron chi connectivity index (χ1n) is 9.88. The fraction of sp³-hybridized carbons (Fsp3) is 0.120. The van der Waals surface area contributed by atoms with Gasteiger partial charge >= 0.3 is 6.18 Å². The fourth-order valence-electron chi connectivity index (χ4n) is 3.37. The monoisotopic (exact) mass is 486 g/mol. The van der Waals surface area contributed by atoms with E-state index >= 15 is 0 Å². The third-order valence-electron chi connectivity index (χ3n) is 5.32. The molecule has 4 rings (SSSR count). The van der Waals surface area contributed by atoms with Crippen molar-refractivity contribution < 1.29 is 27.4 Å². The van der Waals surface area contributed by atoms with Crippen molar-refractivity contribution in [3.05, 3.63) is 94.9 Å². The van der Waals surface area contributed by atoms with E-state index in [9.17, 15) is 22.7 Å². The molecule has 1 N–H and O–H groups in total. The maximum Gasteiger partial charge on any atom is 0.424 e. The van der Waals surface area contributed by atoms with Gasteiger partial charge in [0.05, 0.1) is 16.3 Å². The number of alkyl halides is 3. The Kier molecular flexibility index (Phi) is 6.17. The Bertz CT molecular complexity index is 1400. The van der Waals surface area contributed by atoms with Crippen molar-refractivity contribution in [1.82, 2.24) is 4.98 Å². The van der Waals surface area contributed by atoms with E-state index < -0.39 is 29.8 Å². The van der Waals surface area contributed by atoms with Gasteiger partial charge in [-0.05, 0) is 59.5 Å². The number of fused-ring (bicyclic) bond motifs is 1. The minimum atomic E-state index is -5.06. The van der Waals surface area contributed by atoms with E-state index in [0.717, 1.165) is 0 Å². The molecule has 1 aromatic heterocycles. The number of pyridine rings is 1. The predicted octanol–water partition coefficient (Wildman–Crippen LogP) is 6.39. The smallest absolute Gasteiger partial charge is 0.424 e. The zero-order chi connectivity index (χ0) is 24.5. The molecule has 0 bridgehead atoms. The lowest BCUT2D eigenvalue weighted by Gasteiger charge is -2.31. The van der Waals surface area contributed by atoms with Crippen molar-refractivity contribution in [2.24, 2.45) is 0 Å². The molecule has 0 amide bonds. The van der Waals surface area contributed by atoms with Crippen LogP contribution < -0.4 is 4.74 Å². The molecule has 4 aromatic rings. The van der Waals surface area contributed by atoms with Gasteiger partial charge < -0.3 is 9.84 Å². The van der Waals surface area contributed by atoms with Crippen LogP contribution in [0.2, 0.25) is 5.02 Å². The van der Waals surface area contributed by atoms with Crippen molar-refractivity contribution in [2.45, 2.75) is 11.8 Å². The number of ether oxygens (including phenoxy) is 1. The maximum absolute atomic E-state index is 14.0. The summed E-state index contributed by atoms with van der Waals surface area (Å²) in [5.74, 6) is -0.427. The lowest BCUT2D eigenvalue weighted by molar-refractivity contribution is -0.275. The number of nitrogens with zero attached hydrogens (tertiary/aromatic N) is 2. The van der Waals surface area contributed by atoms with Crippen LogP contribution in [-0.2, 0) is 5.60 Å². The quantitative estimate of drug-likeness (QED) is 0.332. The molecule has 0 aliphatic carbocycles. The van der Waals surface area contributed by atoms with Crippen molar-refractivity contribution in [3.8, 4) is 23.1 Å². The van der Waals surface area contributed by atoms with Gasteiger partial charge in [0.15, 0.2) is 0 Å². The summed E-state index contributed by atoms with van der Waals surface area (Å²) in [7, 11) is 0. The highest BCUT2D eigenvalue weighted by molar-refractivity contribution is 6.31. The second-order valence-electron chi connectivity index (χ2n) is 7.54. The van der Waals surface area contributed by atoms with E-state index in [-0.39, 0.29) is 16.3 Å². The highest BCUT2D eigenvalue weighted by Crippen LogP contribution is 2.40. The highest BCUT2D eigenvalue weighted by Gasteiger charge is 2.56. The first kappa shape index (κ1) is 23.5. The van der Waals surface area contributed by atoms with Crippen LogP contribution in [0.1, 0.15) is 11.1 Å². The molecule has 1 unspecified atom stereocenters. The van der Waals surface area contributed by atoms with Gasteiger partial charge in [0, 0.05) is 23.2 Å².